The van der Waals surface area contributed by atoms with E-state index in [1.165, 1.54) is 12.1 Å². The van der Waals surface area contributed by atoms with Crippen molar-refractivity contribution >= 4 is 16.5 Å². The van der Waals surface area contributed by atoms with Crippen LogP contribution >= 0.6 is 0 Å². The summed E-state index contributed by atoms with van der Waals surface area (Å²) < 4.78 is 19.0. The number of halogens is 1. The van der Waals surface area contributed by atoms with E-state index in [4.69, 9.17) is 4.74 Å². The highest BCUT2D eigenvalue weighted by atomic mass is 19.1. The first-order chi connectivity index (χ1) is 10.1. The van der Waals surface area contributed by atoms with Gasteiger partial charge in [0.05, 0.1) is 4.92 Å². The van der Waals surface area contributed by atoms with Crippen LogP contribution < -0.4 is 4.74 Å². The Morgan fingerprint density at radius 3 is 2.48 bits per heavy atom. The highest BCUT2D eigenvalue weighted by Crippen LogP contribution is 2.34. The van der Waals surface area contributed by atoms with Crippen molar-refractivity contribution in [3.05, 3.63) is 76.6 Å². The van der Waals surface area contributed by atoms with Crippen LogP contribution in [0.4, 0.5) is 10.1 Å². The highest BCUT2D eigenvalue weighted by Gasteiger charge is 2.21. The molecule has 0 spiro atoms. The van der Waals surface area contributed by atoms with Crippen molar-refractivity contribution in [2.24, 2.45) is 0 Å². The van der Waals surface area contributed by atoms with Gasteiger partial charge in [0.25, 0.3) is 0 Å². The third kappa shape index (κ3) is 2.53. The van der Waals surface area contributed by atoms with Crippen LogP contribution in [0.1, 0.15) is 0 Å². The summed E-state index contributed by atoms with van der Waals surface area (Å²) in [5.41, 5.74) is -0.661. The van der Waals surface area contributed by atoms with Crippen molar-refractivity contribution in [1.82, 2.24) is 0 Å². The number of hydrogen-bond acceptors (Lipinski definition) is 3. The van der Waals surface area contributed by atoms with Crippen LogP contribution in [-0.2, 0) is 0 Å². The molecule has 3 aromatic carbocycles. The van der Waals surface area contributed by atoms with E-state index in [1.807, 2.05) is 30.3 Å². The average Bonchev–Trinajstić information content (AvgIpc) is 2.47. The molecular weight excluding hydrogens is 273 g/mol. The zero-order valence-electron chi connectivity index (χ0n) is 10.8. The maximum absolute atomic E-state index is 13.5. The van der Waals surface area contributed by atoms with Crippen molar-refractivity contribution in [1.29, 1.82) is 0 Å². The molecule has 0 atom stereocenters. The number of para-hydroxylation sites is 1. The molecule has 0 aromatic heterocycles. The first-order valence-corrected chi connectivity index (χ1v) is 6.25. The SMILES string of the molecule is O=[N+]([O-])c1c(F)cccc1Oc1ccc2ccccc2c1. The van der Waals surface area contributed by atoms with Gasteiger partial charge in [-0.2, -0.15) is 4.39 Å². The number of nitro groups is 1. The summed E-state index contributed by atoms with van der Waals surface area (Å²) in [6, 6.07) is 16.7. The molecule has 0 aliphatic rings. The fourth-order valence-corrected chi connectivity index (χ4v) is 2.11. The maximum Gasteiger partial charge on any atom is 0.346 e. The smallest absolute Gasteiger partial charge is 0.346 e. The van der Waals surface area contributed by atoms with E-state index in [-0.39, 0.29) is 5.75 Å². The summed E-state index contributed by atoms with van der Waals surface area (Å²) in [5.74, 6) is -0.615. The Bertz CT molecular complexity index is 833. The third-order valence-corrected chi connectivity index (χ3v) is 3.08. The summed E-state index contributed by atoms with van der Waals surface area (Å²) in [6.07, 6.45) is 0. The lowest BCUT2D eigenvalue weighted by atomic mass is 10.1. The Morgan fingerprint density at radius 1 is 0.952 bits per heavy atom. The first kappa shape index (κ1) is 13.1. The second-order valence-corrected chi connectivity index (χ2v) is 4.45. The van der Waals surface area contributed by atoms with Crippen LogP contribution in [0.5, 0.6) is 11.5 Å². The number of hydrogen-bond donors (Lipinski definition) is 0. The molecule has 0 amide bonds. The maximum atomic E-state index is 13.5. The number of nitrogens with zero attached hydrogens (tertiary/aromatic N) is 1. The molecule has 0 bridgehead atoms. The van der Waals surface area contributed by atoms with Gasteiger partial charge in [0.2, 0.25) is 11.6 Å². The van der Waals surface area contributed by atoms with Gasteiger partial charge in [0.15, 0.2) is 0 Å². The molecule has 104 valence electrons. The number of rotatable bonds is 3. The Morgan fingerprint density at radius 2 is 1.71 bits per heavy atom. The number of nitro benzene ring substituents is 1. The second kappa shape index (κ2) is 5.20. The topological polar surface area (TPSA) is 52.4 Å². The molecule has 4 nitrogen and oxygen atoms in total. The van der Waals surface area contributed by atoms with Crippen molar-refractivity contribution < 1.29 is 14.1 Å². The molecule has 0 fully saturated rings. The van der Waals surface area contributed by atoms with E-state index in [0.717, 1.165) is 16.8 Å². The molecule has 0 saturated heterocycles. The van der Waals surface area contributed by atoms with Gasteiger partial charge in [-0.15, -0.1) is 0 Å². The molecular formula is C16H10FNO3. The quantitative estimate of drug-likeness (QED) is 0.518. The van der Waals surface area contributed by atoms with Gasteiger partial charge in [-0.1, -0.05) is 36.4 Å². The zero-order valence-corrected chi connectivity index (χ0v) is 10.8. The van der Waals surface area contributed by atoms with E-state index < -0.39 is 16.4 Å². The lowest BCUT2D eigenvalue weighted by Crippen LogP contribution is -1.96. The number of fused-ring (bicyclic) bond motifs is 1. The summed E-state index contributed by atoms with van der Waals surface area (Å²) in [6.45, 7) is 0. The van der Waals surface area contributed by atoms with Crippen LogP contribution in [0, 0.1) is 15.9 Å². The standard InChI is InChI=1S/C16H10FNO3/c17-14-6-3-7-15(16(14)18(19)20)21-13-9-8-11-4-1-2-5-12(11)10-13/h1-10H. The van der Waals surface area contributed by atoms with E-state index in [0.29, 0.717) is 5.75 Å². The number of benzene rings is 3. The van der Waals surface area contributed by atoms with E-state index >= 15 is 0 Å². The molecule has 5 heteroatoms. The molecule has 0 heterocycles. The first-order valence-electron chi connectivity index (χ1n) is 6.25. The number of ether oxygens (including phenoxy) is 1. The van der Waals surface area contributed by atoms with Crippen LogP contribution in [0.25, 0.3) is 10.8 Å². The lowest BCUT2D eigenvalue weighted by Gasteiger charge is -2.07. The highest BCUT2D eigenvalue weighted by molar-refractivity contribution is 5.83. The van der Waals surface area contributed by atoms with Crippen molar-refractivity contribution in [2.45, 2.75) is 0 Å². The molecule has 0 N–H and O–H groups in total. The van der Waals surface area contributed by atoms with Gasteiger partial charge < -0.3 is 4.74 Å². The fourth-order valence-electron chi connectivity index (χ4n) is 2.11. The molecule has 0 aliphatic heterocycles. The van der Waals surface area contributed by atoms with Gasteiger partial charge >= 0.3 is 5.69 Å². The summed E-state index contributed by atoms with van der Waals surface area (Å²) in [5, 5.41) is 12.9. The monoisotopic (exact) mass is 283 g/mol. The molecule has 0 aliphatic carbocycles. The van der Waals surface area contributed by atoms with Gasteiger partial charge in [-0.05, 0) is 35.0 Å². The zero-order chi connectivity index (χ0) is 14.8. The van der Waals surface area contributed by atoms with Crippen LogP contribution in [-0.4, -0.2) is 4.92 Å². The minimum atomic E-state index is -0.918. The van der Waals surface area contributed by atoms with Gasteiger partial charge in [0.1, 0.15) is 5.75 Å². The summed E-state index contributed by atoms with van der Waals surface area (Å²) in [7, 11) is 0. The largest absolute Gasteiger partial charge is 0.450 e. The molecule has 0 unspecified atom stereocenters. The second-order valence-electron chi connectivity index (χ2n) is 4.45. The van der Waals surface area contributed by atoms with Crippen LogP contribution in [0.2, 0.25) is 0 Å². The Balaban J connectivity index is 2.02. The predicted molar refractivity (Wildman–Crippen MR) is 77.1 cm³/mol. The minimum Gasteiger partial charge on any atom is -0.450 e. The molecule has 3 aromatic rings. The molecule has 0 radical (unpaired) electrons. The fraction of sp³-hybridized carbons (Fsp3) is 0. The Labute approximate surface area is 119 Å². The summed E-state index contributed by atoms with van der Waals surface area (Å²) >= 11 is 0. The lowest BCUT2D eigenvalue weighted by molar-refractivity contribution is -0.388. The summed E-state index contributed by atoms with van der Waals surface area (Å²) in [4.78, 5) is 10.1. The normalized spacial score (nSPS) is 10.5. The minimum absolute atomic E-state index is 0.115. The predicted octanol–water partition coefficient (Wildman–Crippen LogP) is 4.68. The van der Waals surface area contributed by atoms with Crippen molar-refractivity contribution in [3.8, 4) is 11.5 Å². The molecule has 0 saturated carbocycles. The van der Waals surface area contributed by atoms with Crippen LogP contribution in [0.15, 0.2) is 60.7 Å². The average molecular weight is 283 g/mol. The van der Waals surface area contributed by atoms with Gasteiger partial charge in [-0.3, -0.25) is 10.1 Å². The van der Waals surface area contributed by atoms with Crippen LogP contribution in [0.3, 0.4) is 0 Å². The van der Waals surface area contributed by atoms with Gasteiger partial charge in [-0.25, -0.2) is 0 Å². The van der Waals surface area contributed by atoms with E-state index in [1.54, 1.807) is 12.1 Å². The van der Waals surface area contributed by atoms with Gasteiger partial charge in [0, 0.05) is 0 Å². The van der Waals surface area contributed by atoms with E-state index in [9.17, 15) is 14.5 Å². The third-order valence-electron chi connectivity index (χ3n) is 3.08. The van der Waals surface area contributed by atoms with Crippen molar-refractivity contribution in [3.63, 3.8) is 0 Å². The van der Waals surface area contributed by atoms with E-state index in [2.05, 4.69) is 0 Å². The molecule has 3 rings (SSSR count). The Hall–Kier alpha value is -2.95. The molecule has 21 heavy (non-hydrogen) atoms. The Kier molecular flexibility index (Phi) is 3.23. The van der Waals surface area contributed by atoms with Crippen molar-refractivity contribution in [2.75, 3.05) is 0 Å².